The van der Waals surface area contributed by atoms with E-state index in [1.54, 1.807) is 31.0 Å². The van der Waals surface area contributed by atoms with Crippen molar-refractivity contribution in [2.75, 3.05) is 20.1 Å². The molecular formula is C15H23FN2O2. The van der Waals surface area contributed by atoms with Gasteiger partial charge in [0.1, 0.15) is 0 Å². The van der Waals surface area contributed by atoms with Gasteiger partial charge in [-0.25, -0.2) is 4.39 Å². The summed E-state index contributed by atoms with van der Waals surface area (Å²) >= 11 is 0. The fraction of sp³-hybridized carbons (Fsp3) is 0.533. The maximum Gasteiger partial charge on any atom is 0.263 e. The second-order valence-corrected chi connectivity index (χ2v) is 4.53. The van der Waals surface area contributed by atoms with Gasteiger partial charge in [-0.3, -0.25) is 4.79 Å². The smallest absolute Gasteiger partial charge is 0.263 e. The van der Waals surface area contributed by atoms with Crippen LogP contribution in [0.3, 0.4) is 0 Å². The van der Waals surface area contributed by atoms with E-state index in [9.17, 15) is 9.18 Å². The van der Waals surface area contributed by atoms with E-state index < -0.39 is 11.9 Å². The number of nitrogens with one attached hydrogen (secondary N) is 1. The molecule has 0 aromatic heterocycles. The number of ether oxygens (including phenoxy) is 1. The molecule has 0 saturated heterocycles. The Labute approximate surface area is 119 Å². The zero-order chi connectivity index (χ0) is 15.1. The molecule has 5 heteroatoms. The quantitative estimate of drug-likeness (QED) is 0.833. The largest absolute Gasteiger partial charge is 0.477 e. The number of hydrogen-bond donors (Lipinski definition) is 1. The van der Waals surface area contributed by atoms with Crippen LogP contribution < -0.4 is 10.1 Å². The van der Waals surface area contributed by atoms with E-state index in [1.165, 1.54) is 6.07 Å². The first-order valence-corrected chi connectivity index (χ1v) is 6.92. The van der Waals surface area contributed by atoms with Gasteiger partial charge in [0.2, 0.25) is 0 Å². The molecule has 1 rings (SSSR count). The maximum atomic E-state index is 13.9. The predicted octanol–water partition coefficient (Wildman–Crippen LogP) is 2.18. The predicted molar refractivity (Wildman–Crippen MR) is 77.2 cm³/mol. The number of halogens is 1. The minimum atomic E-state index is -0.706. The van der Waals surface area contributed by atoms with Gasteiger partial charge in [-0.15, -0.1) is 0 Å². The summed E-state index contributed by atoms with van der Waals surface area (Å²) in [5.74, 6) is -0.430. The highest BCUT2D eigenvalue weighted by atomic mass is 19.1. The number of rotatable bonds is 7. The first-order chi connectivity index (χ1) is 9.54. The number of nitrogens with zero attached hydrogens (tertiary/aromatic N) is 1. The van der Waals surface area contributed by atoms with Crippen LogP contribution in [0, 0.1) is 5.82 Å². The summed E-state index contributed by atoms with van der Waals surface area (Å²) in [6.45, 7) is 7.18. The Bertz CT molecular complexity index is 447. The fourth-order valence-corrected chi connectivity index (χ4v) is 2.03. The van der Waals surface area contributed by atoms with Crippen molar-refractivity contribution in [1.82, 2.24) is 10.2 Å². The van der Waals surface area contributed by atoms with E-state index in [1.807, 2.05) is 13.8 Å². The normalized spacial score (nSPS) is 12.1. The van der Waals surface area contributed by atoms with Gasteiger partial charge < -0.3 is 15.0 Å². The molecule has 0 fully saturated rings. The van der Waals surface area contributed by atoms with E-state index >= 15 is 0 Å². The summed E-state index contributed by atoms with van der Waals surface area (Å²) in [4.78, 5) is 13.8. The summed E-state index contributed by atoms with van der Waals surface area (Å²) in [5.41, 5.74) is 0.701. The summed E-state index contributed by atoms with van der Waals surface area (Å²) < 4.78 is 19.5. The Hall–Kier alpha value is -1.62. The number of carbonyl (C=O) groups excluding carboxylic acids is 1. The van der Waals surface area contributed by atoms with Crippen LogP contribution >= 0.6 is 0 Å². The summed E-state index contributed by atoms with van der Waals surface area (Å²) in [6.07, 6.45) is -0.706. The van der Waals surface area contributed by atoms with Crippen LogP contribution in [0.4, 0.5) is 4.39 Å². The number of para-hydroxylation sites is 1. The van der Waals surface area contributed by atoms with Crippen molar-refractivity contribution in [2.24, 2.45) is 0 Å². The number of benzene rings is 1. The molecule has 1 amide bonds. The average Bonchev–Trinajstić information content (AvgIpc) is 2.44. The molecule has 20 heavy (non-hydrogen) atoms. The highest BCUT2D eigenvalue weighted by Gasteiger charge is 2.22. The molecule has 112 valence electrons. The Balaban J connectivity index is 2.89. The first-order valence-electron chi connectivity index (χ1n) is 6.92. The second-order valence-electron chi connectivity index (χ2n) is 4.53. The molecule has 1 N–H and O–H groups in total. The van der Waals surface area contributed by atoms with Crippen molar-refractivity contribution in [3.8, 4) is 5.75 Å². The van der Waals surface area contributed by atoms with Crippen LogP contribution in [0.15, 0.2) is 18.2 Å². The van der Waals surface area contributed by atoms with Gasteiger partial charge in [-0.2, -0.15) is 0 Å². The number of carbonyl (C=O) groups is 1. The molecule has 0 spiro atoms. The zero-order valence-corrected chi connectivity index (χ0v) is 12.6. The molecule has 0 aliphatic rings. The number of likely N-dealkylation sites (N-methyl/N-ethyl adjacent to an activating group) is 1. The fourth-order valence-electron chi connectivity index (χ4n) is 2.03. The maximum absolute atomic E-state index is 13.9. The van der Waals surface area contributed by atoms with Crippen molar-refractivity contribution in [1.29, 1.82) is 0 Å². The van der Waals surface area contributed by atoms with E-state index in [2.05, 4.69) is 5.32 Å². The lowest BCUT2D eigenvalue weighted by molar-refractivity contribution is -0.137. The van der Waals surface area contributed by atoms with Crippen molar-refractivity contribution in [3.63, 3.8) is 0 Å². The molecule has 1 unspecified atom stereocenters. The topological polar surface area (TPSA) is 41.6 Å². The van der Waals surface area contributed by atoms with Crippen LogP contribution in [0.1, 0.15) is 26.3 Å². The van der Waals surface area contributed by atoms with Crippen molar-refractivity contribution >= 4 is 5.91 Å². The van der Waals surface area contributed by atoms with E-state index in [0.29, 0.717) is 25.2 Å². The summed E-state index contributed by atoms with van der Waals surface area (Å²) in [6, 6.07) is 4.75. The molecule has 0 bridgehead atoms. The van der Waals surface area contributed by atoms with E-state index in [0.717, 1.165) is 0 Å². The van der Waals surface area contributed by atoms with Gasteiger partial charge in [-0.05, 0) is 33.9 Å². The summed E-state index contributed by atoms with van der Waals surface area (Å²) in [5, 5.41) is 2.96. The van der Waals surface area contributed by atoms with Gasteiger partial charge in [0.05, 0.1) is 0 Å². The molecule has 4 nitrogen and oxygen atoms in total. The molecule has 1 atom stereocenters. The third-order valence-electron chi connectivity index (χ3n) is 3.13. The highest BCUT2D eigenvalue weighted by molar-refractivity contribution is 5.80. The van der Waals surface area contributed by atoms with Crippen LogP contribution in [-0.4, -0.2) is 37.0 Å². The minimum absolute atomic E-state index is 0.131. The standard InChI is InChI=1S/C15H23FN2O2/c1-5-18(6-2)15(19)11(3)20-14-12(10-17-4)8-7-9-13(14)16/h7-9,11,17H,5-6,10H2,1-4H3. The monoisotopic (exact) mass is 282 g/mol. The van der Waals surface area contributed by atoms with Crippen LogP contribution in [0.5, 0.6) is 5.75 Å². The first kappa shape index (κ1) is 16.4. The number of amides is 1. The molecule has 0 radical (unpaired) electrons. The molecule has 0 aliphatic heterocycles. The summed E-state index contributed by atoms with van der Waals surface area (Å²) in [7, 11) is 1.78. The van der Waals surface area contributed by atoms with Crippen LogP contribution in [0.2, 0.25) is 0 Å². The Morgan fingerprint density at radius 2 is 2.05 bits per heavy atom. The second kappa shape index (κ2) is 7.85. The van der Waals surface area contributed by atoms with Crippen molar-refractivity contribution in [3.05, 3.63) is 29.6 Å². The lowest BCUT2D eigenvalue weighted by Gasteiger charge is -2.24. The zero-order valence-electron chi connectivity index (χ0n) is 12.6. The van der Waals surface area contributed by atoms with Gasteiger partial charge in [0, 0.05) is 25.2 Å². The van der Waals surface area contributed by atoms with Gasteiger partial charge >= 0.3 is 0 Å². The third kappa shape index (κ3) is 3.93. The van der Waals surface area contributed by atoms with Crippen LogP contribution in [0.25, 0.3) is 0 Å². The molecule has 0 aliphatic carbocycles. The lowest BCUT2D eigenvalue weighted by atomic mass is 10.2. The Kier molecular flexibility index (Phi) is 6.45. The Morgan fingerprint density at radius 3 is 2.60 bits per heavy atom. The lowest BCUT2D eigenvalue weighted by Crippen LogP contribution is -2.40. The third-order valence-corrected chi connectivity index (χ3v) is 3.13. The molecule has 1 aromatic carbocycles. The van der Waals surface area contributed by atoms with Gasteiger partial charge in [0.25, 0.3) is 5.91 Å². The molecular weight excluding hydrogens is 259 g/mol. The SMILES string of the molecule is CCN(CC)C(=O)C(C)Oc1c(F)cccc1CNC. The molecule has 0 heterocycles. The Morgan fingerprint density at radius 1 is 1.40 bits per heavy atom. The van der Waals surface area contributed by atoms with Crippen molar-refractivity contribution < 1.29 is 13.9 Å². The highest BCUT2D eigenvalue weighted by Crippen LogP contribution is 2.24. The van der Waals surface area contributed by atoms with Gasteiger partial charge in [0.15, 0.2) is 17.7 Å². The van der Waals surface area contributed by atoms with Crippen LogP contribution in [-0.2, 0) is 11.3 Å². The molecule has 0 saturated carbocycles. The molecule has 1 aromatic rings. The number of hydrogen-bond acceptors (Lipinski definition) is 3. The van der Waals surface area contributed by atoms with Gasteiger partial charge in [-0.1, -0.05) is 12.1 Å². The van der Waals surface area contributed by atoms with E-state index in [4.69, 9.17) is 4.74 Å². The average molecular weight is 282 g/mol. The minimum Gasteiger partial charge on any atom is -0.477 e. The van der Waals surface area contributed by atoms with E-state index in [-0.39, 0.29) is 11.7 Å². The van der Waals surface area contributed by atoms with Crippen molar-refractivity contribution in [2.45, 2.75) is 33.4 Å².